The van der Waals surface area contributed by atoms with Gasteiger partial charge in [-0.2, -0.15) is 0 Å². The van der Waals surface area contributed by atoms with Gasteiger partial charge in [-0.25, -0.2) is 0 Å². The summed E-state index contributed by atoms with van der Waals surface area (Å²) in [5.74, 6) is 0.111. The molecule has 0 aliphatic carbocycles. The topological polar surface area (TPSA) is 50.4 Å². The molecule has 2 aliphatic rings. The Morgan fingerprint density at radius 1 is 1.38 bits per heavy atom. The van der Waals surface area contributed by atoms with Gasteiger partial charge >= 0.3 is 0 Å². The molecule has 2 heterocycles. The maximum atomic E-state index is 11.9. The summed E-state index contributed by atoms with van der Waals surface area (Å²) in [7, 11) is 0. The van der Waals surface area contributed by atoms with E-state index in [1.165, 1.54) is 23.2 Å². The van der Waals surface area contributed by atoms with E-state index < -0.39 is 0 Å². The molecule has 2 aliphatic heterocycles. The van der Waals surface area contributed by atoms with Crippen molar-refractivity contribution < 1.29 is 9.53 Å². The van der Waals surface area contributed by atoms with Gasteiger partial charge in [0.2, 0.25) is 5.91 Å². The Balaban J connectivity index is 1.48. The number of aryl methyl sites for hydroxylation is 1. The lowest BCUT2D eigenvalue weighted by molar-refractivity contribution is -0.123. The Hall–Kier alpha value is -1.55. The fourth-order valence-electron chi connectivity index (χ4n) is 3.21. The van der Waals surface area contributed by atoms with Crippen molar-refractivity contribution in [3.63, 3.8) is 0 Å². The molecule has 1 aromatic rings. The minimum Gasteiger partial charge on any atom is -0.385 e. The molecular weight excluding hydrogens is 264 g/mol. The molecule has 0 bridgehead atoms. The number of rotatable bonds is 5. The summed E-state index contributed by atoms with van der Waals surface area (Å²) in [5.41, 5.74) is 4.01. The fourth-order valence-corrected chi connectivity index (χ4v) is 3.21. The van der Waals surface area contributed by atoms with Crippen molar-refractivity contribution in [1.29, 1.82) is 0 Å². The van der Waals surface area contributed by atoms with Crippen LogP contribution >= 0.6 is 0 Å². The standard InChI is InChI=1S/C17H24N2O2/c20-16(12-15-7-3-11-21-15)18-10-8-14-5-1-4-13-6-2-9-19-17(13)14/h1,4-5,15,19H,2-3,6-12H2,(H,18,20). The van der Waals surface area contributed by atoms with Gasteiger partial charge < -0.3 is 15.4 Å². The first kappa shape index (κ1) is 14.4. The average Bonchev–Trinajstić information content (AvgIpc) is 3.00. The second-order valence-corrected chi connectivity index (χ2v) is 5.92. The number of fused-ring (bicyclic) bond motifs is 1. The van der Waals surface area contributed by atoms with Crippen LogP contribution < -0.4 is 10.6 Å². The van der Waals surface area contributed by atoms with Crippen LogP contribution in [0.3, 0.4) is 0 Å². The Labute approximate surface area is 126 Å². The third kappa shape index (κ3) is 3.76. The van der Waals surface area contributed by atoms with E-state index in [1.54, 1.807) is 0 Å². The number of benzene rings is 1. The van der Waals surface area contributed by atoms with Gasteiger partial charge in [-0.15, -0.1) is 0 Å². The highest BCUT2D eigenvalue weighted by atomic mass is 16.5. The molecule has 1 amide bonds. The van der Waals surface area contributed by atoms with E-state index in [0.717, 1.165) is 38.8 Å². The first-order chi connectivity index (χ1) is 10.3. The lowest BCUT2D eigenvalue weighted by Crippen LogP contribution is -2.29. The molecule has 1 aromatic carbocycles. The van der Waals surface area contributed by atoms with E-state index >= 15 is 0 Å². The zero-order chi connectivity index (χ0) is 14.5. The van der Waals surface area contributed by atoms with Gasteiger partial charge in [-0.1, -0.05) is 18.2 Å². The first-order valence-corrected chi connectivity index (χ1v) is 8.06. The van der Waals surface area contributed by atoms with Gasteiger partial charge in [0.25, 0.3) is 0 Å². The summed E-state index contributed by atoms with van der Waals surface area (Å²) >= 11 is 0. The Morgan fingerprint density at radius 2 is 2.33 bits per heavy atom. The summed E-state index contributed by atoms with van der Waals surface area (Å²) in [4.78, 5) is 11.9. The average molecular weight is 288 g/mol. The minimum absolute atomic E-state index is 0.111. The van der Waals surface area contributed by atoms with Gasteiger partial charge in [0.05, 0.1) is 12.5 Å². The van der Waals surface area contributed by atoms with E-state index in [1.807, 2.05) is 0 Å². The van der Waals surface area contributed by atoms with Crippen molar-refractivity contribution in [2.24, 2.45) is 0 Å². The third-order valence-corrected chi connectivity index (χ3v) is 4.32. The Kier molecular flexibility index (Phi) is 4.76. The van der Waals surface area contributed by atoms with Crippen LogP contribution in [0.5, 0.6) is 0 Å². The first-order valence-electron chi connectivity index (χ1n) is 8.06. The molecule has 21 heavy (non-hydrogen) atoms. The molecular formula is C17H24N2O2. The molecule has 0 radical (unpaired) electrons. The van der Waals surface area contributed by atoms with Crippen LogP contribution in [0.1, 0.15) is 36.8 Å². The quantitative estimate of drug-likeness (QED) is 0.874. The van der Waals surface area contributed by atoms with Crippen LogP contribution in [-0.4, -0.2) is 31.7 Å². The largest absolute Gasteiger partial charge is 0.385 e. The van der Waals surface area contributed by atoms with Crippen LogP contribution in [-0.2, 0) is 22.4 Å². The highest BCUT2D eigenvalue weighted by Gasteiger charge is 2.19. The highest BCUT2D eigenvalue weighted by Crippen LogP contribution is 2.26. The van der Waals surface area contributed by atoms with E-state index in [2.05, 4.69) is 28.8 Å². The van der Waals surface area contributed by atoms with Crippen LogP contribution in [0.2, 0.25) is 0 Å². The maximum Gasteiger partial charge on any atom is 0.222 e. The Bertz CT molecular complexity index is 496. The molecule has 1 unspecified atom stereocenters. The molecule has 1 atom stereocenters. The van der Waals surface area contributed by atoms with Crippen molar-refractivity contribution >= 4 is 11.6 Å². The number of hydrogen-bond acceptors (Lipinski definition) is 3. The smallest absolute Gasteiger partial charge is 0.222 e. The van der Waals surface area contributed by atoms with Gasteiger partial charge in [-0.05, 0) is 43.2 Å². The maximum absolute atomic E-state index is 11.9. The molecule has 4 heteroatoms. The van der Waals surface area contributed by atoms with Crippen LogP contribution in [0, 0.1) is 0 Å². The molecule has 3 rings (SSSR count). The van der Waals surface area contributed by atoms with E-state index in [0.29, 0.717) is 13.0 Å². The number of hydrogen-bond donors (Lipinski definition) is 2. The number of amides is 1. The molecule has 1 saturated heterocycles. The van der Waals surface area contributed by atoms with Crippen LogP contribution in [0.25, 0.3) is 0 Å². The molecule has 0 spiro atoms. The summed E-state index contributed by atoms with van der Waals surface area (Å²) in [6, 6.07) is 6.47. The normalized spacial score (nSPS) is 20.7. The van der Waals surface area contributed by atoms with Crippen molar-refractivity contribution in [1.82, 2.24) is 5.32 Å². The monoisotopic (exact) mass is 288 g/mol. The lowest BCUT2D eigenvalue weighted by Gasteiger charge is -2.21. The Morgan fingerprint density at radius 3 is 3.19 bits per heavy atom. The summed E-state index contributed by atoms with van der Waals surface area (Å²) in [6.07, 6.45) is 5.98. The number of para-hydroxylation sites is 1. The predicted octanol–water partition coefficient (Wildman–Crippen LogP) is 2.27. The number of anilines is 1. The number of ether oxygens (including phenoxy) is 1. The number of carbonyl (C=O) groups excluding carboxylic acids is 1. The fraction of sp³-hybridized carbons (Fsp3) is 0.588. The number of carbonyl (C=O) groups is 1. The second-order valence-electron chi connectivity index (χ2n) is 5.92. The van der Waals surface area contributed by atoms with Gasteiger partial charge in [0.1, 0.15) is 0 Å². The summed E-state index contributed by atoms with van der Waals surface area (Å²) < 4.78 is 5.49. The van der Waals surface area contributed by atoms with Gasteiger partial charge in [-0.3, -0.25) is 4.79 Å². The molecule has 4 nitrogen and oxygen atoms in total. The van der Waals surface area contributed by atoms with Crippen LogP contribution in [0.15, 0.2) is 18.2 Å². The van der Waals surface area contributed by atoms with Gasteiger partial charge in [0.15, 0.2) is 0 Å². The van der Waals surface area contributed by atoms with Crippen LogP contribution in [0.4, 0.5) is 5.69 Å². The second kappa shape index (κ2) is 6.94. The SMILES string of the molecule is O=C(CC1CCCO1)NCCc1cccc2c1NCCC2. The molecule has 0 saturated carbocycles. The number of nitrogens with one attached hydrogen (secondary N) is 2. The van der Waals surface area contributed by atoms with E-state index in [-0.39, 0.29) is 12.0 Å². The van der Waals surface area contributed by atoms with Gasteiger partial charge in [0, 0.05) is 25.4 Å². The zero-order valence-corrected chi connectivity index (χ0v) is 12.5. The molecule has 1 fully saturated rings. The summed E-state index contributed by atoms with van der Waals surface area (Å²) in [5, 5.41) is 6.51. The van der Waals surface area contributed by atoms with E-state index in [4.69, 9.17) is 4.74 Å². The highest BCUT2D eigenvalue weighted by molar-refractivity contribution is 5.76. The summed E-state index contributed by atoms with van der Waals surface area (Å²) in [6.45, 7) is 2.55. The molecule has 0 aromatic heterocycles. The minimum atomic E-state index is 0.111. The lowest BCUT2D eigenvalue weighted by atomic mass is 9.98. The zero-order valence-electron chi connectivity index (χ0n) is 12.5. The predicted molar refractivity (Wildman–Crippen MR) is 83.6 cm³/mol. The van der Waals surface area contributed by atoms with Crippen molar-refractivity contribution in [3.05, 3.63) is 29.3 Å². The van der Waals surface area contributed by atoms with Crippen molar-refractivity contribution in [3.8, 4) is 0 Å². The molecule has 114 valence electrons. The van der Waals surface area contributed by atoms with Crippen molar-refractivity contribution in [2.75, 3.05) is 25.0 Å². The third-order valence-electron chi connectivity index (χ3n) is 4.32. The molecule has 2 N–H and O–H groups in total. The van der Waals surface area contributed by atoms with Crippen molar-refractivity contribution in [2.45, 2.75) is 44.6 Å². The van der Waals surface area contributed by atoms with E-state index in [9.17, 15) is 4.79 Å².